The van der Waals surface area contributed by atoms with E-state index in [1.165, 1.54) is 48.5 Å². The van der Waals surface area contributed by atoms with Crippen molar-refractivity contribution < 1.29 is 38.2 Å². The number of para-hydroxylation sites is 2. The van der Waals surface area contributed by atoms with Crippen LogP contribution in [0.1, 0.15) is 59.5 Å². The van der Waals surface area contributed by atoms with Gasteiger partial charge in [0.25, 0.3) is 23.6 Å². The molecule has 0 heterocycles. The summed E-state index contributed by atoms with van der Waals surface area (Å²) in [6.07, 6.45) is 0. The Morgan fingerprint density at radius 2 is 0.909 bits per heavy atom. The molecule has 0 saturated carbocycles. The molecule has 2 atom stereocenters. The third kappa shape index (κ3) is 13.0. The number of ether oxygens (including phenoxy) is 2. The van der Waals surface area contributed by atoms with Crippen LogP contribution in [0.5, 0.6) is 11.5 Å². The maximum Gasteiger partial charge on any atom is 0.258 e. The highest BCUT2D eigenvalue weighted by molar-refractivity contribution is 6.33. The molecule has 2 unspecified atom stereocenters. The van der Waals surface area contributed by atoms with E-state index in [9.17, 15) is 28.8 Å². The largest absolute Gasteiger partial charge is 0.488 e. The maximum atomic E-state index is 13.7. The maximum absolute atomic E-state index is 13.7. The molecule has 0 aliphatic heterocycles. The topological polar surface area (TPSA) is 218 Å². The van der Waals surface area contributed by atoms with Crippen molar-refractivity contribution in [1.29, 1.82) is 0 Å². The number of hydrogen-bond donors (Lipinski definition) is 4. The lowest BCUT2D eigenvalue weighted by molar-refractivity contribution is -0.127. The molecule has 0 bridgehead atoms. The smallest absolute Gasteiger partial charge is 0.258 e. The van der Waals surface area contributed by atoms with Gasteiger partial charge >= 0.3 is 0 Å². The first-order valence-corrected chi connectivity index (χ1v) is 21.9. The standard InChI is InChI=1S/C46H42Cl4N8O8/c1-5-65-41-35(53-45(63)39(25(3)59)57-55-37-21-27(15-17-31(37)49)43(61)51-33-13-9-7-11-29(33)23-47)19-20-36(42(41)66-6-2)54-46(64)40(26(4)60)58-56-38-22-28(16-18-32(38)50)44(62)52-34-14-10-8-12-30(34)24-48/h7-22,39-40H,5-6,23-24H2,1-4H3,(H,51,61)(H,52,62)(H,53,63)(H,54,64). The summed E-state index contributed by atoms with van der Waals surface area (Å²) in [5.41, 5.74) is 2.86. The molecule has 16 nitrogen and oxygen atoms in total. The number of nitrogens with one attached hydrogen (secondary N) is 4. The van der Waals surface area contributed by atoms with E-state index in [1.54, 1.807) is 62.4 Å². The second-order valence-electron chi connectivity index (χ2n) is 13.9. The van der Waals surface area contributed by atoms with Crippen LogP contribution in [0, 0.1) is 0 Å². The summed E-state index contributed by atoms with van der Waals surface area (Å²) in [5.74, 6) is -3.88. The van der Waals surface area contributed by atoms with Crippen molar-refractivity contribution in [2.24, 2.45) is 20.5 Å². The zero-order chi connectivity index (χ0) is 47.9. The quantitative estimate of drug-likeness (QED) is 0.0333. The van der Waals surface area contributed by atoms with E-state index in [-0.39, 0.29) is 80.4 Å². The fourth-order valence-corrected chi connectivity index (χ4v) is 6.76. The Balaban J connectivity index is 1.35. The van der Waals surface area contributed by atoms with Crippen molar-refractivity contribution in [3.8, 4) is 11.5 Å². The molecule has 5 aromatic rings. The lowest BCUT2D eigenvalue weighted by Crippen LogP contribution is -2.32. The van der Waals surface area contributed by atoms with Gasteiger partial charge in [0.05, 0.1) is 34.6 Å². The van der Waals surface area contributed by atoms with Crippen LogP contribution in [-0.2, 0) is 30.9 Å². The summed E-state index contributed by atoms with van der Waals surface area (Å²) in [5, 5.41) is 27.1. The minimum absolute atomic E-state index is 0.00970. The summed E-state index contributed by atoms with van der Waals surface area (Å²) in [7, 11) is 0. The van der Waals surface area contributed by atoms with Crippen molar-refractivity contribution in [1.82, 2.24) is 0 Å². The molecule has 5 aromatic carbocycles. The highest BCUT2D eigenvalue weighted by atomic mass is 35.5. The molecule has 5 rings (SSSR count). The van der Waals surface area contributed by atoms with Crippen molar-refractivity contribution in [2.45, 2.75) is 51.5 Å². The fraction of sp³-hybridized carbons (Fsp3) is 0.217. The molecule has 0 aliphatic rings. The number of benzene rings is 5. The van der Waals surface area contributed by atoms with E-state index < -0.39 is 47.3 Å². The van der Waals surface area contributed by atoms with Gasteiger partial charge in [-0.2, -0.15) is 20.5 Å². The lowest BCUT2D eigenvalue weighted by atomic mass is 10.1. The van der Waals surface area contributed by atoms with E-state index in [0.717, 1.165) is 13.8 Å². The van der Waals surface area contributed by atoms with E-state index in [4.69, 9.17) is 55.9 Å². The average Bonchev–Trinajstić information content (AvgIpc) is 3.29. The van der Waals surface area contributed by atoms with Gasteiger partial charge in [0.2, 0.25) is 12.1 Å². The van der Waals surface area contributed by atoms with Gasteiger partial charge in [0.1, 0.15) is 11.4 Å². The van der Waals surface area contributed by atoms with E-state index >= 15 is 0 Å². The SMILES string of the molecule is CCOc1c(NC(=O)C(N=Nc2cc(C(=O)Nc3ccccc3CCl)ccc2Cl)C(C)=O)ccc(NC(=O)C(N=Nc2cc(C(=O)Nc3ccccc3CCl)ccc2Cl)C(C)=O)c1OCC. The monoisotopic (exact) mass is 974 g/mol. The number of hydrogen-bond acceptors (Lipinski definition) is 12. The number of ketones is 2. The van der Waals surface area contributed by atoms with Crippen LogP contribution in [0.25, 0.3) is 0 Å². The Morgan fingerprint density at radius 1 is 0.530 bits per heavy atom. The number of carbonyl (C=O) groups is 6. The Kier molecular flexibility index (Phi) is 18.3. The Bertz CT molecular complexity index is 2530. The van der Waals surface area contributed by atoms with Gasteiger partial charge in [-0.25, -0.2) is 0 Å². The minimum Gasteiger partial charge on any atom is -0.488 e. The van der Waals surface area contributed by atoms with E-state index in [1.807, 2.05) is 0 Å². The number of anilines is 4. The number of Topliss-reactive ketones (excluding diaryl/α,β-unsaturated/α-hetero) is 2. The molecule has 0 radical (unpaired) electrons. The van der Waals surface area contributed by atoms with Crippen LogP contribution < -0.4 is 30.7 Å². The first-order chi connectivity index (χ1) is 31.7. The molecular formula is C46H42Cl4N8O8. The summed E-state index contributed by atoms with van der Waals surface area (Å²) in [6, 6.07) is 21.9. The number of rotatable bonds is 20. The van der Waals surface area contributed by atoms with Gasteiger partial charge in [-0.1, -0.05) is 59.6 Å². The van der Waals surface area contributed by atoms with Crippen molar-refractivity contribution in [2.75, 3.05) is 34.5 Å². The van der Waals surface area contributed by atoms with Crippen molar-refractivity contribution in [3.05, 3.63) is 129 Å². The Labute approximate surface area is 399 Å². The molecule has 0 saturated heterocycles. The zero-order valence-corrected chi connectivity index (χ0v) is 38.8. The first-order valence-electron chi connectivity index (χ1n) is 20.1. The second-order valence-corrected chi connectivity index (χ2v) is 15.3. The molecule has 66 heavy (non-hydrogen) atoms. The molecule has 4 amide bonds. The van der Waals surface area contributed by atoms with Gasteiger partial charge < -0.3 is 30.7 Å². The molecular weight excluding hydrogens is 934 g/mol. The average molecular weight is 977 g/mol. The summed E-state index contributed by atoms with van der Waals surface area (Å²) < 4.78 is 11.7. The number of carbonyl (C=O) groups excluding carboxylic acids is 6. The minimum atomic E-state index is -1.68. The number of halogens is 4. The van der Waals surface area contributed by atoms with Gasteiger partial charge in [-0.15, -0.1) is 23.2 Å². The Hall–Kier alpha value is -6.72. The van der Waals surface area contributed by atoms with Crippen LogP contribution in [0.15, 0.2) is 118 Å². The highest BCUT2D eigenvalue weighted by Gasteiger charge is 2.29. The number of amides is 4. The fourth-order valence-electron chi connectivity index (χ4n) is 5.98. The van der Waals surface area contributed by atoms with Crippen LogP contribution >= 0.6 is 46.4 Å². The summed E-state index contributed by atoms with van der Waals surface area (Å²) in [4.78, 5) is 79.2. The first kappa shape index (κ1) is 50.3. The van der Waals surface area contributed by atoms with Gasteiger partial charge in [-0.05, 0) is 99.5 Å². The van der Waals surface area contributed by atoms with E-state index in [0.29, 0.717) is 22.5 Å². The predicted molar refractivity (Wildman–Crippen MR) is 255 cm³/mol. The normalized spacial score (nSPS) is 12.0. The second kappa shape index (κ2) is 24.0. The van der Waals surface area contributed by atoms with Crippen molar-refractivity contribution >= 4 is 116 Å². The molecule has 0 aliphatic carbocycles. The third-order valence-corrected chi connectivity index (χ3v) is 10.5. The number of nitrogens with zero attached hydrogens (tertiary/aromatic N) is 4. The van der Waals surface area contributed by atoms with Crippen LogP contribution in [-0.4, -0.2) is 60.5 Å². The lowest BCUT2D eigenvalue weighted by Gasteiger charge is -2.20. The molecule has 0 aromatic heterocycles. The van der Waals surface area contributed by atoms with Crippen LogP contribution in [0.3, 0.4) is 0 Å². The third-order valence-electron chi connectivity index (χ3n) is 9.27. The summed E-state index contributed by atoms with van der Waals surface area (Å²) in [6.45, 7) is 5.76. The zero-order valence-electron chi connectivity index (χ0n) is 35.8. The van der Waals surface area contributed by atoms with Gasteiger partial charge in [-0.3, -0.25) is 28.8 Å². The number of azo groups is 2. The predicted octanol–water partition coefficient (Wildman–Crippen LogP) is 11.1. The van der Waals surface area contributed by atoms with E-state index in [2.05, 4.69) is 41.7 Å². The molecule has 0 fully saturated rings. The van der Waals surface area contributed by atoms with Gasteiger partial charge in [0, 0.05) is 34.3 Å². The summed E-state index contributed by atoms with van der Waals surface area (Å²) >= 11 is 24.8. The van der Waals surface area contributed by atoms with Crippen LogP contribution in [0.2, 0.25) is 10.0 Å². The highest BCUT2D eigenvalue weighted by Crippen LogP contribution is 2.42. The van der Waals surface area contributed by atoms with Crippen LogP contribution in [0.4, 0.5) is 34.1 Å². The molecule has 20 heteroatoms. The van der Waals surface area contributed by atoms with Gasteiger partial charge in [0.15, 0.2) is 23.1 Å². The molecule has 4 N–H and O–H groups in total. The Morgan fingerprint density at radius 3 is 1.26 bits per heavy atom. The molecule has 0 spiro atoms. The molecule has 342 valence electrons. The number of alkyl halides is 2. The van der Waals surface area contributed by atoms with Crippen molar-refractivity contribution in [3.63, 3.8) is 0 Å².